The topological polar surface area (TPSA) is 144 Å². The van der Waals surface area contributed by atoms with Gasteiger partial charge in [0.25, 0.3) is 5.75 Å². The fourth-order valence-corrected chi connectivity index (χ4v) is 5.22. The van der Waals surface area contributed by atoms with Crippen molar-refractivity contribution >= 4 is 17.3 Å². The Morgan fingerprint density at radius 3 is 2.42 bits per heavy atom. The van der Waals surface area contributed by atoms with Gasteiger partial charge in [0.05, 0.1) is 15.3 Å². The maximum Gasteiger partial charge on any atom is 0.322 e. The van der Waals surface area contributed by atoms with E-state index in [0.29, 0.717) is 37.7 Å². The van der Waals surface area contributed by atoms with Crippen molar-refractivity contribution in [3.8, 4) is 5.75 Å². The highest BCUT2D eigenvalue weighted by molar-refractivity contribution is 5.76. The van der Waals surface area contributed by atoms with Gasteiger partial charge in [0.1, 0.15) is 0 Å². The van der Waals surface area contributed by atoms with E-state index in [0.717, 1.165) is 0 Å². The molecule has 3 rings (SSSR count). The molecule has 1 saturated carbocycles. The highest BCUT2D eigenvalue weighted by Gasteiger charge is 2.58. The zero-order valence-electron chi connectivity index (χ0n) is 14.5. The smallest absolute Gasteiger partial charge is 0.322 e. The van der Waals surface area contributed by atoms with Gasteiger partial charge >= 0.3 is 17.3 Å². The summed E-state index contributed by atoms with van der Waals surface area (Å²) < 4.78 is 0. The summed E-state index contributed by atoms with van der Waals surface area (Å²) in [7, 11) is 0. The predicted octanol–water partition coefficient (Wildman–Crippen LogP) is 3.30. The molecule has 26 heavy (non-hydrogen) atoms. The van der Waals surface area contributed by atoms with Crippen molar-refractivity contribution in [3.05, 3.63) is 37.4 Å². The van der Waals surface area contributed by atoms with Gasteiger partial charge in [0.15, 0.2) is 0 Å². The number of aromatic hydroxyl groups is 1. The molecule has 3 atom stereocenters. The highest BCUT2D eigenvalue weighted by Crippen LogP contribution is 2.60. The van der Waals surface area contributed by atoms with E-state index in [9.17, 15) is 35.2 Å². The molecule has 0 spiro atoms. The average molecular weight is 364 g/mol. The van der Waals surface area contributed by atoms with Crippen LogP contribution in [0.25, 0.3) is 0 Å². The molecule has 0 saturated heterocycles. The molecule has 0 amide bonds. The van der Waals surface area contributed by atoms with Crippen LogP contribution in [0.1, 0.15) is 50.7 Å². The van der Waals surface area contributed by atoms with E-state index in [1.807, 2.05) is 0 Å². The number of carboxylic acid groups (broad SMARTS) is 1. The summed E-state index contributed by atoms with van der Waals surface area (Å²) >= 11 is 0. The Labute approximate surface area is 148 Å². The lowest BCUT2D eigenvalue weighted by molar-refractivity contribution is -0.397. The van der Waals surface area contributed by atoms with Crippen molar-refractivity contribution in [3.63, 3.8) is 0 Å². The molecule has 1 aromatic rings. The molecule has 0 bridgehead atoms. The van der Waals surface area contributed by atoms with E-state index in [1.165, 1.54) is 6.07 Å². The number of carboxylic acids is 1. The van der Waals surface area contributed by atoms with Crippen molar-refractivity contribution < 1.29 is 24.9 Å². The SMILES string of the molecule is C[C@]1(C(=O)O)CCC[C@]2(C)c3c(cc([N+](=O)[O-])c(O)c3[N+](=O)[O-])CC[C@@H]12. The van der Waals surface area contributed by atoms with E-state index < -0.39 is 43.8 Å². The van der Waals surface area contributed by atoms with Crippen molar-refractivity contribution in [2.75, 3.05) is 0 Å². The number of aliphatic carboxylic acids is 1. The van der Waals surface area contributed by atoms with Crippen LogP contribution >= 0.6 is 0 Å². The molecule has 9 nitrogen and oxygen atoms in total. The fraction of sp³-hybridized carbons (Fsp3) is 0.588. The molecular weight excluding hydrogens is 344 g/mol. The summed E-state index contributed by atoms with van der Waals surface area (Å²) in [6, 6.07) is 1.20. The van der Waals surface area contributed by atoms with Crippen LogP contribution in [0.3, 0.4) is 0 Å². The maximum atomic E-state index is 11.9. The minimum atomic E-state index is -1.03. The zero-order valence-corrected chi connectivity index (χ0v) is 14.5. The summed E-state index contributed by atoms with van der Waals surface area (Å²) in [5.41, 5.74) is -2.50. The quantitative estimate of drug-likeness (QED) is 0.618. The average Bonchev–Trinajstić information content (AvgIpc) is 2.53. The second kappa shape index (κ2) is 5.65. The van der Waals surface area contributed by atoms with Crippen LogP contribution in [0.2, 0.25) is 0 Å². The predicted molar refractivity (Wildman–Crippen MR) is 90.2 cm³/mol. The normalized spacial score (nSPS) is 30.2. The zero-order chi connectivity index (χ0) is 19.4. The van der Waals surface area contributed by atoms with Crippen molar-refractivity contribution in [1.82, 2.24) is 0 Å². The number of phenols is 1. The Morgan fingerprint density at radius 1 is 1.23 bits per heavy atom. The van der Waals surface area contributed by atoms with Crippen LogP contribution in [0, 0.1) is 31.6 Å². The lowest BCUT2D eigenvalue weighted by Gasteiger charge is -2.53. The number of phenolic OH excluding ortho intramolecular Hbond substituents is 1. The summed E-state index contributed by atoms with van der Waals surface area (Å²) in [4.78, 5) is 33.2. The first-order chi connectivity index (χ1) is 12.0. The molecule has 140 valence electrons. The van der Waals surface area contributed by atoms with Crippen LogP contribution in [-0.4, -0.2) is 26.0 Å². The van der Waals surface area contributed by atoms with Gasteiger partial charge in [-0.25, -0.2) is 0 Å². The molecule has 9 heteroatoms. The highest BCUT2D eigenvalue weighted by atomic mass is 16.6. The van der Waals surface area contributed by atoms with Crippen LogP contribution < -0.4 is 0 Å². The second-order valence-corrected chi connectivity index (χ2v) is 7.73. The number of nitro groups is 2. The van der Waals surface area contributed by atoms with Crippen LogP contribution in [-0.2, 0) is 16.6 Å². The Balaban J connectivity index is 2.31. The number of aryl methyl sites for hydroxylation is 1. The minimum absolute atomic E-state index is 0.258. The summed E-state index contributed by atoms with van der Waals surface area (Å²) in [5.74, 6) is -2.25. The standard InChI is InChI=1S/C17H20N2O7/c1-16-6-3-7-17(2,15(21)22)11(16)5-4-9-8-10(18(23)24)14(20)13(12(9)16)19(25)26/h8,11,20H,3-7H2,1-2H3,(H,21,22)/t11-,16+,17+/m1/s1. The van der Waals surface area contributed by atoms with Gasteiger partial charge in [-0.3, -0.25) is 25.0 Å². The molecule has 2 aliphatic carbocycles. The third-order valence-electron chi connectivity index (χ3n) is 6.41. The summed E-state index contributed by atoms with van der Waals surface area (Å²) in [6.07, 6.45) is 2.37. The first-order valence-electron chi connectivity index (χ1n) is 8.45. The van der Waals surface area contributed by atoms with E-state index in [1.54, 1.807) is 13.8 Å². The molecule has 0 unspecified atom stereocenters. The van der Waals surface area contributed by atoms with Crippen molar-refractivity contribution in [1.29, 1.82) is 0 Å². The number of rotatable bonds is 3. The number of carbonyl (C=O) groups is 1. The monoisotopic (exact) mass is 364 g/mol. The van der Waals surface area contributed by atoms with Crippen molar-refractivity contribution in [2.24, 2.45) is 11.3 Å². The van der Waals surface area contributed by atoms with E-state index in [-0.39, 0.29) is 11.5 Å². The molecule has 2 N–H and O–H groups in total. The molecule has 0 heterocycles. The minimum Gasteiger partial charge on any atom is -0.497 e. The third kappa shape index (κ3) is 2.26. The third-order valence-corrected chi connectivity index (χ3v) is 6.41. The Bertz CT molecular complexity index is 837. The Kier molecular flexibility index (Phi) is 3.93. The molecular formula is C17H20N2O7. The lowest BCUT2D eigenvalue weighted by atomic mass is 9.49. The number of nitro benzene ring substituents is 2. The molecule has 1 fully saturated rings. The lowest BCUT2D eigenvalue weighted by Crippen LogP contribution is -2.52. The largest absolute Gasteiger partial charge is 0.497 e. The van der Waals surface area contributed by atoms with Crippen molar-refractivity contribution in [2.45, 2.75) is 51.4 Å². The Morgan fingerprint density at radius 2 is 1.88 bits per heavy atom. The Hall–Kier alpha value is -2.71. The first kappa shape index (κ1) is 18.1. The van der Waals surface area contributed by atoms with Gasteiger partial charge in [-0.1, -0.05) is 13.3 Å². The van der Waals surface area contributed by atoms with Gasteiger partial charge in [0, 0.05) is 17.0 Å². The molecule has 0 radical (unpaired) electrons. The van der Waals surface area contributed by atoms with Gasteiger partial charge in [-0.2, -0.15) is 0 Å². The number of benzene rings is 1. The number of nitrogens with zero attached hydrogens (tertiary/aromatic N) is 2. The van der Waals surface area contributed by atoms with Crippen LogP contribution in [0.4, 0.5) is 11.4 Å². The van der Waals surface area contributed by atoms with Crippen LogP contribution in [0.5, 0.6) is 5.75 Å². The molecule has 2 aliphatic rings. The maximum absolute atomic E-state index is 11.9. The van der Waals surface area contributed by atoms with Gasteiger partial charge in [0.2, 0.25) is 0 Å². The fourth-order valence-electron chi connectivity index (χ4n) is 5.22. The molecule has 1 aromatic carbocycles. The number of hydrogen-bond acceptors (Lipinski definition) is 6. The molecule has 0 aromatic heterocycles. The number of hydrogen-bond donors (Lipinski definition) is 2. The summed E-state index contributed by atoms with van der Waals surface area (Å²) in [5, 5.41) is 42.9. The first-order valence-corrected chi connectivity index (χ1v) is 8.45. The van der Waals surface area contributed by atoms with E-state index >= 15 is 0 Å². The summed E-state index contributed by atoms with van der Waals surface area (Å²) in [6.45, 7) is 3.45. The van der Waals surface area contributed by atoms with E-state index in [2.05, 4.69) is 0 Å². The van der Waals surface area contributed by atoms with Gasteiger partial charge in [-0.05, 0) is 44.1 Å². The number of fused-ring (bicyclic) bond motifs is 3. The van der Waals surface area contributed by atoms with E-state index in [4.69, 9.17) is 0 Å². The van der Waals surface area contributed by atoms with Gasteiger partial charge < -0.3 is 10.2 Å². The van der Waals surface area contributed by atoms with Crippen LogP contribution in [0.15, 0.2) is 6.07 Å². The van der Waals surface area contributed by atoms with Gasteiger partial charge in [-0.15, -0.1) is 0 Å². The second-order valence-electron chi connectivity index (χ2n) is 7.73. The molecule has 0 aliphatic heterocycles.